The van der Waals surface area contributed by atoms with Gasteiger partial charge in [-0.25, -0.2) is 4.79 Å². The molecule has 1 aliphatic rings. The molecule has 0 aromatic heterocycles. The van der Waals surface area contributed by atoms with Crippen LogP contribution in [-0.2, 0) is 0 Å². The fourth-order valence-corrected chi connectivity index (χ4v) is 1.74. The van der Waals surface area contributed by atoms with Gasteiger partial charge in [0.1, 0.15) is 0 Å². The van der Waals surface area contributed by atoms with Gasteiger partial charge in [-0.1, -0.05) is 26.7 Å². The first-order chi connectivity index (χ1) is 7.13. The summed E-state index contributed by atoms with van der Waals surface area (Å²) in [5, 5.41) is 3.00. The van der Waals surface area contributed by atoms with Gasteiger partial charge in [-0.05, 0) is 24.7 Å². The molecule has 1 fully saturated rings. The van der Waals surface area contributed by atoms with Crippen molar-refractivity contribution < 1.29 is 4.79 Å². The Morgan fingerprint density at radius 2 is 2.20 bits per heavy atom. The lowest BCUT2D eigenvalue weighted by Crippen LogP contribution is -2.42. The average molecular weight is 212 g/mol. The van der Waals surface area contributed by atoms with Gasteiger partial charge >= 0.3 is 6.03 Å². The van der Waals surface area contributed by atoms with E-state index in [0.717, 1.165) is 25.4 Å². The summed E-state index contributed by atoms with van der Waals surface area (Å²) in [6.07, 6.45) is 5.04. The fraction of sp³-hybridized carbons (Fsp3) is 0.917. The van der Waals surface area contributed by atoms with Crippen molar-refractivity contribution in [3.63, 3.8) is 0 Å². The molecular formula is C12H24N2O. The fourth-order valence-electron chi connectivity index (χ4n) is 1.74. The van der Waals surface area contributed by atoms with E-state index in [1.54, 1.807) is 4.90 Å². The molecule has 2 amide bonds. The van der Waals surface area contributed by atoms with Crippen molar-refractivity contribution >= 4 is 6.03 Å². The largest absolute Gasteiger partial charge is 0.338 e. The Balaban J connectivity index is 2.14. The highest BCUT2D eigenvalue weighted by Crippen LogP contribution is 2.25. The highest BCUT2D eigenvalue weighted by atomic mass is 16.2. The minimum Gasteiger partial charge on any atom is -0.338 e. The molecule has 15 heavy (non-hydrogen) atoms. The summed E-state index contributed by atoms with van der Waals surface area (Å²) >= 11 is 0. The molecule has 1 unspecified atom stereocenters. The van der Waals surface area contributed by atoms with Crippen LogP contribution in [0.2, 0.25) is 0 Å². The molecule has 0 aromatic carbocycles. The Morgan fingerprint density at radius 3 is 2.67 bits per heavy atom. The Kier molecular flexibility index (Phi) is 4.92. The van der Waals surface area contributed by atoms with Crippen molar-refractivity contribution in [3.05, 3.63) is 0 Å². The van der Waals surface area contributed by atoms with E-state index in [2.05, 4.69) is 19.2 Å². The topological polar surface area (TPSA) is 32.3 Å². The summed E-state index contributed by atoms with van der Waals surface area (Å²) in [4.78, 5) is 13.5. The number of nitrogens with zero attached hydrogens (tertiary/aromatic N) is 1. The van der Waals surface area contributed by atoms with Crippen LogP contribution in [-0.4, -0.2) is 31.1 Å². The summed E-state index contributed by atoms with van der Waals surface area (Å²) in [6.45, 7) is 6.05. The molecule has 0 bridgehead atoms. The minimum absolute atomic E-state index is 0.0854. The lowest BCUT2D eigenvalue weighted by molar-refractivity contribution is 0.195. The van der Waals surface area contributed by atoms with E-state index in [1.165, 1.54) is 19.3 Å². The van der Waals surface area contributed by atoms with Crippen LogP contribution in [0.3, 0.4) is 0 Å². The van der Waals surface area contributed by atoms with E-state index >= 15 is 0 Å². The predicted molar refractivity (Wildman–Crippen MR) is 62.8 cm³/mol. The predicted octanol–water partition coefficient (Wildman–Crippen LogP) is 2.47. The van der Waals surface area contributed by atoms with Crippen molar-refractivity contribution in [2.24, 2.45) is 11.8 Å². The molecule has 0 saturated heterocycles. The molecule has 0 aliphatic heterocycles. The van der Waals surface area contributed by atoms with Crippen LogP contribution in [0.4, 0.5) is 4.79 Å². The van der Waals surface area contributed by atoms with Gasteiger partial charge in [-0.3, -0.25) is 0 Å². The minimum atomic E-state index is 0.0854. The average Bonchev–Trinajstić information content (AvgIpc) is 2.14. The van der Waals surface area contributed by atoms with Gasteiger partial charge in [0.25, 0.3) is 0 Å². The van der Waals surface area contributed by atoms with Crippen molar-refractivity contribution in [2.45, 2.75) is 39.5 Å². The van der Waals surface area contributed by atoms with Gasteiger partial charge in [-0.15, -0.1) is 0 Å². The van der Waals surface area contributed by atoms with Gasteiger partial charge < -0.3 is 10.2 Å². The zero-order chi connectivity index (χ0) is 11.3. The second-order valence-electron chi connectivity index (χ2n) is 4.88. The maximum atomic E-state index is 11.7. The molecule has 1 aliphatic carbocycles. The van der Waals surface area contributed by atoms with E-state index in [-0.39, 0.29) is 6.03 Å². The van der Waals surface area contributed by atoms with Crippen LogP contribution < -0.4 is 5.32 Å². The second-order valence-corrected chi connectivity index (χ2v) is 4.88. The lowest BCUT2D eigenvalue weighted by atomic mass is 9.85. The van der Waals surface area contributed by atoms with Crippen LogP contribution in [0.25, 0.3) is 0 Å². The standard InChI is InChI=1S/C12H24N2O/c1-4-10(2)9-14(3)12(15)13-8-11-6-5-7-11/h10-11H,4-9H2,1-3H3,(H,13,15). The summed E-state index contributed by atoms with van der Waals surface area (Å²) in [6, 6.07) is 0.0854. The quantitative estimate of drug-likeness (QED) is 0.746. The van der Waals surface area contributed by atoms with E-state index in [1.807, 2.05) is 7.05 Å². The van der Waals surface area contributed by atoms with Gasteiger partial charge in [0, 0.05) is 20.1 Å². The van der Waals surface area contributed by atoms with Crippen LogP contribution >= 0.6 is 0 Å². The van der Waals surface area contributed by atoms with Crippen LogP contribution in [0.1, 0.15) is 39.5 Å². The molecule has 1 N–H and O–H groups in total. The van der Waals surface area contributed by atoms with E-state index in [9.17, 15) is 4.79 Å². The number of hydrogen-bond acceptors (Lipinski definition) is 1. The normalized spacial score (nSPS) is 18.1. The smallest absolute Gasteiger partial charge is 0.317 e. The summed E-state index contributed by atoms with van der Waals surface area (Å²) in [7, 11) is 1.88. The maximum absolute atomic E-state index is 11.7. The Labute approximate surface area is 93.2 Å². The van der Waals surface area contributed by atoms with Gasteiger partial charge in [0.2, 0.25) is 0 Å². The number of hydrogen-bond donors (Lipinski definition) is 1. The number of urea groups is 1. The van der Waals surface area contributed by atoms with Crippen molar-refractivity contribution in [1.82, 2.24) is 10.2 Å². The number of nitrogens with one attached hydrogen (secondary N) is 1. The van der Waals surface area contributed by atoms with E-state index in [4.69, 9.17) is 0 Å². The third-order valence-corrected chi connectivity index (χ3v) is 3.40. The zero-order valence-electron chi connectivity index (χ0n) is 10.3. The second kappa shape index (κ2) is 5.99. The van der Waals surface area contributed by atoms with Crippen molar-refractivity contribution in [3.8, 4) is 0 Å². The molecule has 3 heteroatoms. The Bertz CT molecular complexity index is 202. The zero-order valence-corrected chi connectivity index (χ0v) is 10.3. The van der Waals surface area contributed by atoms with E-state index in [0.29, 0.717) is 5.92 Å². The van der Waals surface area contributed by atoms with E-state index < -0.39 is 0 Å². The van der Waals surface area contributed by atoms with Crippen LogP contribution in [0.15, 0.2) is 0 Å². The van der Waals surface area contributed by atoms with Crippen molar-refractivity contribution in [1.29, 1.82) is 0 Å². The van der Waals surface area contributed by atoms with Gasteiger partial charge in [-0.2, -0.15) is 0 Å². The first-order valence-electron chi connectivity index (χ1n) is 6.12. The molecule has 1 saturated carbocycles. The number of rotatable bonds is 5. The highest BCUT2D eigenvalue weighted by molar-refractivity contribution is 5.73. The molecule has 1 atom stereocenters. The van der Waals surface area contributed by atoms with Crippen molar-refractivity contribution in [2.75, 3.05) is 20.1 Å². The van der Waals surface area contributed by atoms with Crippen LogP contribution in [0, 0.1) is 11.8 Å². The number of amides is 2. The molecular weight excluding hydrogens is 188 g/mol. The SMILES string of the molecule is CCC(C)CN(C)C(=O)NCC1CCC1. The first kappa shape index (κ1) is 12.3. The third-order valence-electron chi connectivity index (χ3n) is 3.40. The molecule has 0 spiro atoms. The number of carbonyl (C=O) groups excluding carboxylic acids is 1. The summed E-state index contributed by atoms with van der Waals surface area (Å²) in [5.74, 6) is 1.33. The van der Waals surface area contributed by atoms with Gasteiger partial charge in [0.05, 0.1) is 0 Å². The number of carbonyl (C=O) groups is 1. The molecule has 88 valence electrons. The Hall–Kier alpha value is -0.730. The molecule has 0 heterocycles. The first-order valence-corrected chi connectivity index (χ1v) is 6.12. The van der Waals surface area contributed by atoms with Gasteiger partial charge in [0.15, 0.2) is 0 Å². The highest BCUT2D eigenvalue weighted by Gasteiger charge is 2.19. The van der Waals surface area contributed by atoms with Crippen LogP contribution in [0.5, 0.6) is 0 Å². The summed E-state index contributed by atoms with van der Waals surface area (Å²) < 4.78 is 0. The lowest BCUT2D eigenvalue weighted by Gasteiger charge is -2.27. The maximum Gasteiger partial charge on any atom is 0.317 e. The third kappa shape index (κ3) is 4.10. The Morgan fingerprint density at radius 1 is 1.53 bits per heavy atom. The molecule has 0 radical (unpaired) electrons. The summed E-state index contributed by atoms with van der Waals surface area (Å²) in [5.41, 5.74) is 0. The molecule has 0 aromatic rings. The monoisotopic (exact) mass is 212 g/mol. The molecule has 1 rings (SSSR count). The molecule has 3 nitrogen and oxygen atoms in total.